The molecule has 0 aromatic heterocycles. The number of likely N-dealkylation sites (tertiary alicyclic amines) is 1. The molecule has 0 saturated carbocycles. The van der Waals surface area contributed by atoms with Crippen molar-refractivity contribution in [2.45, 2.75) is 25.5 Å². The highest BCUT2D eigenvalue weighted by molar-refractivity contribution is 5.85. The number of nitrogens with zero attached hydrogens (tertiary/aromatic N) is 2. The number of benzene rings is 1. The summed E-state index contributed by atoms with van der Waals surface area (Å²) in [6, 6.07) is 5.96. The van der Waals surface area contributed by atoms with Crippen LogP contribution in [-0.2, 0) is 11.4 Å². The van der Waals surface area contributed by atoms with Gasteiger partial charge in [-0.15, -0.1) is 24.8 Å². The summed E-state index contributed by atoms with van der Waals surface area (Å²) in [7, 11) is 1.65. The van der Waals surface area contributed by atoms with Gasteiger partial charge in [-0.05, 0) is 55.5 Å². The Balaban J connectivity index is 0.00000160. The Bertz CT molecular complexity index is 637. The number of halogens is 2. The number of methoxy groups -OCH3 is 1. The third-order valence-corrected chi connectivity index (χ3v) is 6.03. The van der Waals surface area contributed by atoms with E-state index in [1.165, 1.54) is 6.42 Å². The van der Waals surface area contributed by atoms with E-state index in [1.807, 2.05) is 23.3 Å². The Kier molecular flexibility index (Phi) is 10.4. The standard InChI is InChI=1S/C21H33N3O4.2ClH/c1-26-21-8-16(11-24-6-2-3-7-28-24)4-5-20(21)27-15-19(25)14-23-12-17-9-22-10-18(17)13-23;;/h4-5,8,17-19,22,25H,2-3,6-7,9-15H2,1H3;2*1H/t17-,18+,19?;;. The van der Waals surface area contributed by atoms with Crippen LogP contribution in [0.1, 0.15) is 18.4 Å². The molecular formula is C21H35Cl2N3O4. The summed E-state index contributed by atoms with van der Waals surface area (Å²) in [6.07, 6.45) is 1.80. The van der Waals surface area contributed by atoms with Crippen molar-refractivity contribution < 1.29 is 19.4 Å². The van der Waals surface area contributed by atoms with Gasteiger partial charge in [0.15, 0.2) is 11.5 Å². The maximum Gasteiger partial charge on any atom is 0.161 e. The van der Waals surface area contributed by atoms with E-state index >= 15 is 0 Å². The zero-order chi connectivity index (χ0) is 19.3. The van der Waals surface area contributed by atoms with Crippen LogP contribution in [0.3, 0.4) is 0 Å². The van der Waals surface area contributed by atoms with Crippen LogP contribution in [0.2, 0.25) is 0 Å². The lowest BCUT2D eigenvalue weighted by molar-refractivity contribution is -0.187. The topological polar surface area (TPSA) is 66.4 Å². The average molecular weight is 464 g/mol. The zero-order valence-electron chi connectivity index (χ0n) is 17.6. The SMILES string of the molecule is COc1cc(CN2CCCCO2)ccc1OCC(O)CN1C[C@H]2CNC[C@H]2C1.Cl.Cl. The van der Waals surface area contributed by atoms with Crippen molar-refractivity contribution in [3.05, 3.63) is 23.8 Å². The summed E-state index contributed by atoms with van der Waals surface area (Å²) in [5.74, 6) is 2.85. The van der Waals surface area contributed by atoms with Gasteiger partial charge in [-0.3, -0.25) is 9.74 Å². The summed E-state index contributed by atoms with van der Waals surface area (Å²) >= 11 is 0. The minimum Gasteiger partial charge on any atom is -0.493 e. The van der Waals surface area contributed by atoms with Crippen molar-refractivity contribution in [2.24, 2.45) is 11.8 Å². The van der Waals surface area contributed by atoms with Gasteiger partial charge in [-0.2, -0.15) is 5.06 Å². The molecule has 3 fully saturated rings. The van der Waals surface area contributed by atoms with Crippen molar-refractivity contribution in [1.82, 2.24) is 15.3 Å². The zero-order valence-corrected chi connectivity index (χ0v) is 19.3. The van der Waals surface area contributed by atoms with Crippen molar-refractivity contribution in [2.75, 3.05) is 59.6 Å². The Morgan fingerprint density at radius 2 is 1.93 bits per heavy atom. The fraction of sp³-hybridized carbons (Fsp3) is 0.714. The summed E-state index contributed by atoms with van der Waals surface area (Å²) < 4.78 is 11.4. The normalized spacial score (nSPS) is 25.1. The van der Waals surface area contributed by atoms with Crippen molar-refractivity contribution in [3.63, 3.8) is 0 Å². The van der Waals surface area contributed by atoms with E-state index in [-0.39, 0.29) is 31.4 Å². The third kappa shape index (κ3) is 6.60. The number of ether oxygens (including phenoxy) is 2. The van der Waals surface area contributed by atoms with Gasteiger partial charge in [0, 0.05) is 32.7 Å². The van der Waals surface area contributed by atoms with E-state index in [0.29, 0.717) is 18.0 Å². The highest BCUT2D eigenvalue weighted by atomic mass is 35.5. The first kappa shape index (κ1) is 25.5. The van der Waals surface area contributed by atoms with E-state index in [9.17, 15) is 5.11 Å². The molecule has 0 radical (unpaired) electrons. The predicted octanol–water partition coefficient (Wildman–Crippen LogP) is 1.96. The highest BCUT2D eigenvalue weighted by Gasteiger charge is 2.36. The van der Waals surface area contributed by atoms with Crippen LogP contribution >= 0.6 is 24.8 Å². The molecule has 30 heavy (non-hydrogen) atoms. The molecule has 0 spiro atoms. The molecule has 4 rings (SSSR count). The summed E-state index contributed by atoms with van der Waals surface area (Å²) in [5, 5.41) is 15.9. The second-order valence-corrected chi connectivity index (χ2v) is 8.25. The van der Waals surface area contributed by atoms with Crippen LogP contribution in [0.4, 0.5) is 0 Å². The van der Waals surface area contributed by atoms with E-state index in [4.69, 9.17) is 14.3 Å². The van der Waals surface area contributed by atoms with Crippen LogP contribution in [0.25, 0.3) is 0 Å². The molecular weight excluding hydrogens is 429 g/mol. The maximum atomic E-state index is 10.4. The van der Waals surface area contributed by atoms with Gasteiger partial charge in [0.1, 0.15) is 12.7 Å². The van der Waals surface area contributed by atoms with Gasteiger partial charge >= 0.3 is 0 Å². The molecule has 1 unspecified atom stereocenters. The molecule has 0 amide bonds. The summed E-state index contributed by atoms with van der Waals surface area (Å²) in [4.78, 5) is 8.04. The fourth-order valence-electron chi connectivity index (χ4n) is 4.54. The van der Waals surface area contributed by atoms with Gasteiger partial charge < -0.3 is 19.9 Å². The molecule has 3 aliphatic rings. The molecule has 172 valence electrons. The third-order valence-electron chi connectivity index (χ3n) is 6.03. The molecule has 0 aliphatic carbocycles. The second-order valence-electron chi connectivity index (χ2n) is 8.25. The molecule has 1 aromatic rings. The summed E-state index contributed by atoms with van der Waals surface area (Å²) in [6.45, 7) is 7.81. The first-order chi connectivity index (χ1) is 13.7. The van der Waals surface area contributed by atoms with Crippen LogP contribution in [-0.4, -0.2) is 80.8 Å². The van der Waals surface area contributed by atoms with Crippen LogP contribution in [0.5, 0.6) is 11.5 Å². The van der Waals surface area contributed by atoms with Crippen molar-refractivity contribution in [3.8, 4) is 11.5 Å². The molecule has 2 N–H and O–H groups in total. The number of β-amino-alcohol motifs (C(OH)–C–C–N with tert-alkyl or cyclic N) is 1. The van der Waals surface area contributed by atoms with E-state index in [1.54, 1.807) is 7.11 Å². The van der Waals surface area contributed by atoms with Crippen LogP contribution < -0.4 is 14.8 Å². The maximum absolute atomic E-state index is 10.4. The largest absolute Gasteiger partial charge is 0.493 e. The Hall–Kier alpha value is -0.800. The van der Waals surface area contributed by atoms with Gasteiger partial charge in [0.25, 0.3) is 0 Å². The smallest absolute Gasteiger partial charge is 0.161 e. The molecule has 9 heteroatoms. The number of hydrogen-bond acceptors (Lipinski definition) is 7. The van der Waals surface area contributed by atoms with Crippen LogP contribution in [0.15, 0.2) is 18.2 Å². The van der Waals surface area contributed by atoms with Crippen molar-refractivity contribution >= 4 is 24.8 Å². The highest BCUT2D eigenvalue weighted by Crippen LogP contribution is 2.30. The lowest BCUT2D eigenvalue weighted by Crippen LogP contribution is -2.36. The first-order valence-electron chi connectivity index (χ1n) is 10.5. The monoisotopic (exact) mass is 463 g/mol. The molecule has 3 aliphatic heterocycles. The van der Waals surface area contributed by atoms with Crippen molar-refractivity contribution in [1.29, 1.82) is 0 Å². The average Bonchev–Trinajstić information content (AvgIpc) is 3.29. The number of nitrogens with one attached hydrogen (secondary N) is 1. The number of rotatable bonds is 8. The molecule has 0 bridgehead atoms. The Morgan fingerprint density at radius 3 is 2.60 bits per heavy atom. The number of hydrogen-bond donors (Lipinski definition) is 2. The Morgan fingerprint density at radius 1 is 1.17 bits per heavy atom. The lowest BCUT2D eigenvalue weighted by Gasteiger charge is -2.26. The van der Waals surface area contributed by atoms with Gasteiger partial charge in [-0.1, -0.05) is 6.07 Å². The van der Waals surface area contributed by atoms with E-state index in [2.05, 4.69) is 10.2 Å². The molecule has 1 aromatic carbocycles. The molecule has 7 nitrogen and oxygen atoms in total. The number of aliphatic hydroxyl groups excluding tert-OH is 1. The number of hydroxylamine groups is 2. The predicted molar refractivity (Wildman–Crippen MR) is 121 cm³/mol. The Labute approximate surface area is 191 Å². The second kappa shape index (κ2) is 12.3. The molecule has 3 atom stereocenters. The minimum absolute atomic E-state index is 0. The molecule has 3 heterocycles. The first-order valence-corrected chi connectivity index (χ1v) is 10.5. The van der Waals surface area contributed by atoms with Gasteiger partial charge in [-0.25, -0.2) is 0 Å². The number of fused-ring (bicyclic) bond motifs is 1. The van der Waals surface area contributed by atoms with Gasteiger partial charge in [0.2, 0.25) is 0 Å². The van der Waals surface area contributed by atoms with E-state index in [0.717, 1.165) is 69.7 Å². The lowest BCUT2D eigenvalue weighted by atomic mass is 10.0. The quantitative estimate of drug-likeness (QED) is 0.610. The van der Waals surface area contributed by atoms with E-state index < -0.39 is 6.10 Å². The molecule has 3 saturated heterocycles. The number of aliphatic hydroxyl groups is 1. The minimum atomic E-state index is -0.502. The summed E-state index contributed by atoms with van der Waals surface area (Å²) in [5.41, 5.74) is 1.13. The fourth-order valence-corrected chi connectivity index (χ4v) is 4.54. The van der Waals surface area contributed by atoms with Gasteiger partial charge in [0.05, 0.1) is 13.7 Å². The van der Waals surface area contributed by atoms with Crippen LogP contribution in [0, 0.1) is 11.8 Å².